The third-order valence-electron chi connectivity index (χ3n) is 1.95. The lowest BCUT2D eigenvalue weighted by Crippen LogP contribution is -2.39. The number of rotatable bonds is 3. The van der Waals surface area contributed by atoms with Crippen molar-refractivity contribution in [3.63, 3.8) is 0 Å². The van der Waals surface area contributed by atoms with E-state index in [4.69, 9.17) is 9.47 Å². The second-order valence-electron chi connectivity index (χ2n) is 4.06. The molecule has 5 heteroatoms. The summed E-state index contributed by atoms with van der Waals surface area (Å²) in [7, 11) is 1.75. The largest absolute Gasteiger partial charge is 0.480 e. The van der Waals surface area contributed by atoms with Crippen molar-refractivity contribution in [2.24, 2.45) is 0 Å². The van der Waals surface area contributed by atoms with Gasteiger partial charge in [0.15, 0.2) is 0 Å². The summed E-state index contributed by atoms with van der Waals surface area (Å²) < 4.78 is 10.2. The van der Waals surface area contributed by atoms with E-state index in [1.807, 2.05) is 6.07 Å². The number of hydrogen-bond donors (Lipinski definition) is 0. The third-order valence-corrected chi connectivity index (χ3v) is 3.92. The Balaban J connectivity index is 3.22. The topological polar surface area (TPSA) is 44.2 Å². The zero-order valence-electron chi connectivity index (χ0n) is 9.29. The lowest BCUT2D eigenvalue weighted by atomic mass is 10.5. The van der Waals surface area contributed by atoms with Crippen LogP contribution in [0.5, 0.6) is 11.8 Å². The van der Waals surface area contributed by atoms with Gasteiger partial charge in [-0.25, -0.2) is 0 Å². The zero-order chi connectivity index (χ0) is 10.8. The van der Waals surface area contributed by atoms with E-state index in [2.05, 4.69) is 29.8 Å². The quantitative estimate of drug-likeness (QED) is 0.702. The van der Waals surface area contributed by atoms with Crippen molar-refractivity contribution >= 4 is 13.3 Å². The van der Waals surface area contributed by atoms with E-state index >= 15 is 0 Å². The van der Waals surface area contributed by atoms with Gasteiger partial charge in [0.25, 0.3) is 0 Å². The first-order valence-electron chi connectivity index (χ1n) is 4.45. The Morgan fingerprint density at radius 2 is 1.71 bits per heavy atom. The summed E-state index contributed by atoms with van der Waals surface area (Å²) in [4.78, 5) is 0. The summed E-state index contributed by atoms with van der Waals surface area (Å²) in [5.74, 6) is 1.16. The molecule has 0 aliphatic carbocycles. The van der Waals surface area contributed by atoms with E-state index in [1.165, 1.54) is 0 Å². The Bertz CT molecular complexity index is 323. The van der Waals surface area contributed by atoms with Crippen LogP contribution in [0.25, 0.3) is 0 Å². The van der Waals surface area contributed by atoms with Crippen LogP contribution in [0, 0.1) is 0 Å². The van der Waals surface area contributed by atoms with Crippen LogP contribution in [0.3, 0.4) is 0 Å². The molecule has 14 heavy (non-hydrogen) atoms. The molecule has 4 nitrogen and oxygen atoms in total. The molecule has 1 aromatic rings. The molecule has 0 amide bonds. The van der Waals surface area contributed by atoms with Crippen LogP contribution in [0.2, 0.25) is 19.6 Å². The Morgan fingerprint density at radius 1 is 1.07 bits per heavy atom. The summed E-state index contributed by atoms with van der Waals surface area (Å²) in [6.07, 6.45) is 0. The van der Waals surface area contributed by atoms with E-state index in [-0.39, 0.29) is 0 Å². The lowest BCUT2D eigenvalue weighted by molar-refractivity contribution is 0.370. The van der Waals surface area contributed by atoms with Gasteiger partial charge in [-0.3, -0.25) is 0 Å². The van der Waals surface area contributed by atoms with E-state index in [9.17, 15) is 0 Å². The van der Waals surface area contributed by atoms with Gasteiger partial charge < -0.3 is 9.47 Å². The highest BCUT2D eigenvalue weighted by Crippen LogP contribution is 2.13. The molecule has 1 rings (SSSR count). The minimum atomic E-state index is -1.45. The Hall–Kier alpha value is -1.10. The summed E-state index contributed by atoms with van der Waals surface area (Å²) in [5, 5.41) is 8.97. The Morgan fingerprint density at radius 3 is 2.14 bits per heavy atom. The first-order chi connectivity index (χ1) is 6.49. The Labute approximate surface area is 85.3 Å². The normalized spacial score (nSPS) is 11.2. The molecule has 0 atom stereocenters. The van der Waals surface area contributed by atoms with Gasteiger partial charge in [0.2, 0.25) is 11.8 Å². The molecule has 1 heterocycles. The van der Waals surface area contributed by atoms with Gasteiger partial charge in [-0.1, -0.05) is 19.6 Å². The molecular formula is C9H16N2O2Si. The Kier molecular flexibility index (Phi) is 3.10. The number of ether oxygens (including phenoxy) is 2. The average Bonchev–Trinajstić information content (AvgIpc) is 2.15. The molecule has 0 bridgehead atoms. The molecule has 0 aliphatic heterocycles. The maximum Gasteiger partial charge on any atom is 0.233 e. The van der Waals surface area contributed by atoms with Crippen LogP contribution in [0.4, 0.5) is 0 Å². The van der Waals surface area contributed by atoms with E-state index < -0.39 is 8.07 Å². The molecule has 0 saturated heterocycles. The van der Waals surface area contributed by atoms with Gasteiger partial charge >= 0.3 is 0 Å². The molecule has 0 aliphatic rings. The van der Waals surface area contributed by atoms with Gasteiger partial charge in [-0.05, 0) is 0 Å². The fraction of sp³-hybridized carbons (Fsp3) is 0.556. The molecule has 0 fully saturated rings. The number of methoxy groups -OCH3 is 2. The van der Waals surface area contributed by atoms with Gasteiger partial charge in [0.1, 0.15) is 0 Å². The lowest BCUT2D eigenvalue weighted by Gasteiger charge is -2.18. The number of hydrogen-bond acceptors (Lipinski definition) is 4. The van der Waals surface area contributed by atoms with Crippen molar-refractivity contribution in [1.82, 2.24) is 10.2 Å². The van der Waals surface area contributed by atoms with E-state index in [0.717, 1.165) is 5.19 Å². The van der Waals surface area contributed by atoms with Gasteiger partial charge in [0, 0.05) is 11.3 Å². The second kappa shape index (κ2) is 3.96. The number of nitrogens with zero attached hydrogens (tertiary/aromatic N) is 2. The fourth-order valence-electron chi connectivity index (χ4n) is 1.15. The molecule has 0 N–H and O–H groups in total. The highest BCUT2D eigenvalue weighted by Gasteiger charge is 2.23. The van der Waals surface area contributed by atoms with Crippen LogP contribution in [-0.2, 0) is 0 Å². The maximum absolute atomic E-state index is 5.18. The van der Waals surface area contributed by atoms with Crippen LogP contribution in [0.1, 0.15) is 0 Å². The average molecular weight is 212 g/mol. The van der Waals surface area contributed by atoms with E-state index in [0.29, 0.717) is 11.8 Å². The van der Waals surface area contributed by atoms with Crippen molar-refractivity contribution in [1.29, 1.82) is 0 Å². The monoisotopic (exact) mass is 212 g/mol. The van der Waals surface area contributed by atoms with Crippen molar-refractivity contribution in [2.75, 3.05) is 14.2 Å². The molecular weight excluding hydrogens is 196 g/mol. The molecule has 0 spiro atoms. The first-order valence-corrected chi connectivity index (χ1v) is 7.95. The highest BCUT2D eigenvalue weighted by atomic mass is 28.3. The minimum absolute atomic E-state index is 0.545. The molecule has 0 saturated carbocycles. The second-order valence-corrected chi connectivity index (χ2v) is 9.10. The molecule has 0 aromatic carbocycles. The minimum Gasteiger partial charge on any atom is -0.480 e. The summed E-state index contributed by atoms with van der Waals surface area (Å²) in [6.45, 7) is 6.68. The van der Waals surface area contributed by atoms with Crippen molar-refractivity contribution in [3.8, 4) is 11.8 Å². The summed E-state index contributed by atoms with van der Waals surface area (Å²) >= 11 is 0. The SMILES string of the molecule is COc1cc([Si](C)(C)C)c(OC)nn1. The zero-order valence-corrected chi connectivity index (χ0v) is 10.3. The van der Waals surface area contributed by atoms with Crippen molar-refractivity contribution in [2.45, 2.75) is 19.6 Å². The van der Waals surface area contributed by atoms with Crippen molar-refractivity contribution in [3.05, 3.63) is 6.07 Å². The number of aromatic nitrogens is 2. The van der Waals surface area contributed by atoms with Gasteiger partial charge in [0.05, 0.1) is 22.3 Å². The predicted octanol–water partition coefficient (Wildman–Crippen LogP) is 1.04. The van der Waals surface area contributed by atoms with Gasteiger partial charge in [-0.15, -0.1) is 10.2 Å². The van der Waals surface area contributed by atoms with Crippen LogP contribution in [-0.4, -0.2) is 32.5 Å². The van der Waals surface area contributed by atoms with Crippen LogP contribution >= 0.6 is 0 Å². The fourth-order valence-corrected chi connectivity index (χ4v) is 2.50. The maximum atomic E-state index is 5.18. The van der Waals surface area contributed by atoms with Crippen LogP contribution < -0.4 is 14.7 Å². The predicted molar refractivity (Wildman–Crippen MR) is 58.1 cm³/mol. The smallest absolute Gasteiger partial charge is 0.233 e. The van der Waals surface area contributed by atoms with E-state index in [1.54, 1.807) is 14.2 Å². The standard InChI is InChI=1S/C9H16N2O2Si/c1-12-8-6-7(14(3,4)5)9(13-2)11-10-8/h6H,1-5H3. The van der Waals surface area contributed by atoms with Crippen molar-refractivity contribution < 1.29 is 9.47 Å². The molecule has 0 radical (unpaired) electrons. The third kappa shape index (κ3) is 2.23. The summed E-state index contributed by atoms with van der Waals surface area (Å²) in [5.41, 5.74) is 0. The first kappa shape index (κ1) is 11.0. The van der Waals surface area contributed by atoms with Gasteiger partial charge in [-0.2, -0.15) is 0 Å². The molecule has 78 valence electrons. The van der Waals surface area contributed by atoms with Crippen LogP contribution in [0.15, 0.2) is 6.07 Å². The molecule has 0 unspecified atom stereocenters. The molecule has 1 aromatic heterocycles. The highest BCUT2D eigenvalue weighted by molar-refractivity contribution is 6.89. The summed E-state index contributed by atoms with van der Waals surface area (Å²) in [6, 6.07) is 1.91.